The molecule has 0 radical (unpaired) electrons. The minimum absolute atomic E-state index is 0.0922. The van der Waals surface area contributed by atoms with Gasteiger partial charge in [0.15, 0.2) is 0 Å². The number of nitrogens with zero attached hydrogens (tertiary/aromatic N) is 1. The highest BCUT2D eigenvalue weighted by Crippen LogP contribution is 2.27. The van der Waals surface area contributed by atoms with Crippen LogP contribution >= 0.6 is 0 Å². The molecular formula is C14H24N2O2S. The molecule has 5 heteroatoms. The van der Waals surface area contributed by atoms with Crippen LogP contribution in [0.2, 0.25) is 0 Å². The summed E-state index contributed by atoms with van der Waals surface area (Å²) in [7, 11) is -1.88. The molecule has 0 aromatic heterocycles. The van der Waals surface area contributed by atoms with E-state index < -0.39 is 10.0 Å². The molecule has 0 unspecified atom stereocenters. The molecule has 0 saturated heterocycles. The third-order valence-electron chi connectivity index (χ3n) is 2.93. The highest BCUT2D eigenvalue weighted by Gasteiger charge is 2.27. The lowest BCUT2D eigenvalue weighted by molar-refractivity contribution is 0.310. The molecule has 0 aliphatic heterocycles. The highest BCUT2D eigenvalue weighted by atomic mass is 32.2. The fourth-order valence-corrected chi connectivity index (χ4v) is 3.77. The summed E-state index contributed by atoms with van der Waals surface area (Å²) < 4.78 is 26.6. The molecule has 0 spiro atoms. The van der Waals surface area contributed by atoms with Gasteiger partial charge >= 0.3 is 0 Å². The van der Waals surface area contributed by atoms with Crippen molar-refractivity contribution in [2.75, 3.05) is 19.3 Å². The summed E-state index contributed by atoms with van der Waals surface area (Å²) in [5.74, 6) is 0. The van der Waals surface area contributed by atoms with Crippen LogP contribution in [0.1, 0.15) is 31.9 Å². The zero-order valence-corrected chi connectivity index (χ0v) is 13.4. The van der Waals surface area contributed by atoms with E-state index in [0.717, 1.165) is 5.56 Å². The number of sulfonamides is 1. The van der Waals surface area contributed by atoms with Crippen LogP contribution in [0.5, 0.6) is 0 Å². The molecule has 108 valence electrons. The maximum absolute atomic E-state index is 12.6. The van der Waals surface area contributed by atoms with Crippen molar-refractivity contribution in [3.8, 4) is 0 Å². The standard InChI is InChI=1S/C14H24N2O2S/c1-10-7-12(15)11(2)13(8-10)19(17,18)16(6)9-14(3,4)5/h7-8H,9,15H2,1-6H3. The van der Waals surface area contributed by atoms with Gasteiger partial charge in [0.25, 0.3) is 0 Å². The quantitative estimate of drug-likeness (QED) is 0.868. The summed E-state index contributed by atoms with van der Waals surface area (Å²) in [6.45, 7) is 10.1. The monoisotopic (exact) mass is 284 g/mol. The topological polar surface area (TPSA) is 63.4 Å². The van der Waals surface area contributed by atoms with E-state index in [-0.39, 0.29) is 5.41 Å². The molecule has 19 heavy (non-hydrogen) atoms. The minimum Gasteiger partial charge on any atom is -0.398 e. The van der Waals surface area contributed by atoms with Crippen LogP contribution in [0.15, 0.2) is 17.0 Å². The summed E-state index contributed by atoms with van der Waals surface area (Å²) in [4.78, 5) is 0.303. The molecule has 1 aromatic carbocycles. The van der Waals surface area contributed by atoms with Crippen LogP contribution in [0.3, 0.4) is 0 Å². The molecule has 0 atom stereocenters. The Hall–Kier alpha value is -1.07. The normalized spacial score (nSPS) is 13.0. The van der Waals surface area contributed by atoms with Gasteiger partial charge in [-0.2, -0.15) is 0 Å². The molecule has 0 heterocycles. The first-order valence-electron chi connectivity index (χ1n) is 6.28. The average molecular weight is 284 g/mol. The number of hydrogen-bond acceptors (Lipinski definition) is 3. The van der Waals surface area contributed by atoms with E-state index in [1.54, 1.807) is 26.1 Å². The zero-order chi connectivity index (χ0) is 15.0. The molecule has 0 saturated carbocycles. The Morgan fingerprint density at radius 2 is 1.74 bits per heavy atom. The summed E-state index contributed by atoms with van der Waals surface area (Å²) in [5.41, 5.74) is 7.76. The van der Waals surface area contributed by atoms with E-state index in [1.165, 1.54) is 4.31 Å². The first kappa shape index (κ1) is 16.0. The van der Waals surface area contributed by atoms with E-state index in [2.05, 4.69) is 0 Å². The van der Waals surface area contributed by atoms with Crippen molar-refractivity contribution >= 4 is 15.7 Å². The van der Waals surface area contributed by atoms with Gasteiger partial charge in [-0.25, -0.2) is 12.7 Å². The molecule has 0 bridgehead atoms. The molecular weight excluding hydrogens is 260 g/mol. The number of hydrogen-bond donors (Lipinski definition) is 1. The van der Waals surface area contributed by atoms with Gasteiger partial charge in [0.1, 0.15) is 0 Å². The number of nitrogens with two attached hydrogens (primary N) is 1. The SMILES string of the molecule is Cc1cc(N)c(C)c(S(=O)(=O)N(C)CC(C)(C)C)c1. The second kappa shape index (κ2) is 5.13. The minimum atomic E-state index is -3.49. The second-order valence-electron chi connectivity index (χ2n) is 6.30. The Bertz CT molecular complexity index is 572. The molecule has 1 rings (SSSR count). The van der Waals surface area contributed by atoms with Crippen molar-refractivity contribution < 1.29 is 8.42 Å². The predicted octanol–water partition coefficient (Wildman–Crippen LogP) is 2.55. The summed E-state index contributed by atoms with van der Waals surface area (Å²) in [5, 5.41) is 0. The lowest BCUT2D eigenvalue weighted by Crippen LogP contribution is -2.35. The second-order valence-corrected chi connectivity index (χ2v) is 8.31. The van der Waals surface area contributed by atoms with Crippen molar-refractivity contribution in [1.82, 2.24) is 4.31 Å². The van der Waals surface area contributed by atoms with Crippen molar-refractivity contribution in [1.29, 1.82) is 0 Å². The Morgan fingerprint density at radius 3 is 2.21 bits per heavy atom. The number of aryl methyl sites for hydroxylation is 1. The lowest BCUT2D eigenvalue weighted by atomic mass is 9.97. The number of rotatable bonds is 3. The third-order valence-corrected chi connectivity index (χ3v) is 4.86. The summed E-state index contributed by atoms with van der Waals surface area (Å²) >= 11 is 0. The Labute approximate surface area is 116 Å². The fourth-order valence-electron chi connectivity index (χ4n) is 2.04. The fraction of sp³-hybridized carbons (Fsp3) is 0.571. The van der Waals surface area contributed by atoms with E-state index in [4.69, 9.17) is 5.73 Å². The van der Waals surface area contributed by atoms with Gasteiger partial charge in [0.2, 0.25) is 10.0 Å². The van der Waals surface area contributed by atoms with E-state index in [9.17, 15) is 8.42 Å². The number of benzene rings is 1. The van der Waals surface area contributed by atoms with Gasteiger partial charge in [-0.05, 0) is 42.5 Å². The Balaban J connectivity index is 3.28. The third kappa shape index (κ3) is 3.70. The maximum atomic E-state index is 12.6. The van der Waals surface area contributed by atoms with Crippen LogP contribution in [-0.2, 0) is 10.0 Å². The van der Waals surface area contributed by atoms with Gasteiger partial charge in [0, 0.05) is 19.3 Å². The Morgan fingerprint density at radius 1 is 1.21 bits per heavy atom. The largest absolute Gasteiger partial charge is 0.398 e. The summed E-state index contributed by atoms with van der Waals surface area (Å²) in [6.07, 6.45) is 0. The first-order valence-corrected chi connectivity index (χ1v) is 7.72. The van der Waals surface area contributed by atoms with E-state index >= 15 is 0 Å². The number of anilines is 1. The van der Waals surface area contributed by atoms with Crippen molar-refractivity contribution in [3.05, 3.63) is 23.3 Å². The maximum Gasteiger partial charge on any atom is 0.243 e. The average Bonchev–Trinajstić information content (AvgIpc) is 2.20. The molecule has 0 fully saturated rings. The predicted molar refractivity (Wildman–Crippen MR) is 79.6 cm³/mol. The van der Waals surface area contributed by atoms with Crippen LogP contribution < -0.4 is 5.73 Å². The molecule has 1 aromatic rings. The molecule has 2 N–H and O–H groups in total. The molecule has 0 aliphatic carbocycles. The highest BCUT2D eigenvalue weighted by molar-refractivity contribution is 7.89. The van der Waals surface area contributed by atoms with Crippen molar-refractivity contribution in [3.63, 3.8) is 0 Å². The molecule has 4 nitrogen and oxygen atoms in total. The van der Waals surface area contributed by atoms with E-state index in [0.29, 0.717) is 22.7 Å². The van der Waals surface area contributed by atoms with Crippen LogP contribution in [0.4, 0.5) is 5.69 Å². The Kier molecular flexibility index (Phi) is 4.32. The van der Waals surface area contributed by atoms with Gasteiger partial charge in [-0.3, -0.25) is 0 Å². The van der Waals surface area contributed by atoms with Gasteiger partial charge in [-0.15, -0.1) is 0 Å². The lowest BCUT2D eigenvalue weighted by Gasteiger charge is -2.27. The van der Waals surface area contributed by atoms with Crippen molar-refractivity contribution in [2.24, 2.45) is 5.41 Å². The smallest absolute Gasteiger partial charge is 0.243 e. The van der Waals surface area contributed by atoms with Crippen LogP contribution in [0, 0.1) is 19.3 Å². The van der Waals surface area contributed by atoms with E-state index in [1.807, 2.05) is 27.7 Å². The van der Waals surface area contributed by atoms with Crippen LogP contribution in [-0.4, -0.2) is 26.3 Å². The van der Waals surface area contributed by atoms with Gasteiger partial charge in [-0.1, -0.05) is 20.8 Å². The van der Waals surface area contributed by atoms with Gasteiger partial charge < -0.3 is 5.73 Å². The molecule has 0 amide bonds. The molecule has 0 aliphatic rings. The van der Waals surface area contributed by atoms with Crippen LogP contribution in [0.25, 0.3) is 0 Å². The first-order chi connectivity index (χ1) is 8.45. The summed E-state index contributed by atoms with van der Waals surface area (Å²) in [6, 6.07) is 3.47. The van der Waals surface area contributed by atoms with Crippen molar-refractivity contribution in [2.45, 2.75) is 39.5 Å². The number of nitrogen functional groups attached to an aromatic ring is 1. The zero-order valence-electron chi connectivity index (χ0n) is 12.6. The van der Waals surface area contributed by atoms with Gasteiger partial charge in [0.05, 0.1) is 4.90 Å².